The molecule has 1 amide bonds. The van der Waals surface area contributed by atoms with Crippen molar-refractivity contribution in [1.82, 2.24) is 10.3 Å². The number of hydrogen-bond acceptors (Lipinski definition) is 4. The molecule has 1 atom stereocenters. The largest absolute Gasteiger partial charge is 0.343 e. The Bertz CT molecular complexity index is 406. The van der Waals surface area contributed by atoms with Crippen molar-refractivity contribution in [3.05, 3.63) is 15.6 Å². The first-order valence-corrected chi connectivity index (χ1v) is 7.11. The predicted molar refractivity (Wildman–Crippen MR) is 75.6 cm³/mol. The van der Waals surface area contributed by atoms with Gasteiger partial charge in [0.1, 0.15) is 5.01 Å². The minimum absolute atomic E-state index is 0.104. The second-order valence-electron chi connectivity index (χ2n) is 5.17. The third-order valence-electron chi connectivity index (χ3n) is 2.94. The zero-order valence-corrected chi connectivity index (χ0v) is 12.6. The lowest BCUT2D eigenvalue weighted by atomic mass is 10.0. The minimum atomic E-state index is -0.466. The summed E-state index contributed by atoms with van der Waals surface area (Å²) in [6, 6.07) is -0.434. The van der Waals surface area contributed by atoms with E-state index in [0.717, 1.165) is 17.1 Å². The smallest absolute Gasteiger partial charge is 0.237 e. The van der Waals surface area contributed by atoms with E-state index < -0.39 is 11.6 Å². The van der Waals surface area contributed by atoms with Crippen molar-refractivity contribution < 1.29 is 4.79 Å². The lowest BCUT2D eigenvalue weighted by molar-refractivity contribution is -0.124. The normalized spacial score (nSPS) is 13.4. The van der Waals surface area contributed by atoms with E-state index >= 15 is 0 Å². The number of thiazole rings is 1. The summed E-state index contributed by atoms with van der Waals surface area (Å²) in [5.74, 6) is -0.104. The molecule has 0 saturated heterocycles. The van der Waals surface area contributed by atoms with Gasteiger partial charge in [0, 0.05) is 4.88 Å². The fourth-order valence-electron chi connectivity index (χ4n) is 1.64. The third-order valence-corrected chi connectivity index (χ3v) is 4.33. The van der Waals surface area contributed by atoms with Gasteiger partial charge in [-0.2, -0.15) is 0 Å². The SMILES string of the molecule is CCCC(N)C(=O)NC(C)(C)c1nc(C)c(C)s1. The maximum atomic E-state index is 12.0. The molecule has 0 saturated carbocycles. The van der Waals surface area contributed by atoms with Crippen molar-refractivity contribution >= 4 is 17.2 Å². The number of carbonyl (C=O) groups excluding carboxylic acids is 1. The number of nitrogens with two attached hydrogens (primary N) is 1. The number of rotatable bonds is 5. The van der Waals surface area contributed by atoms with E-state index in [1.807, 2.05) is 34.6 Å². The molecule has 0 aliphatic carbocycles. The second-order valence-corrected chi connectivity index (χ2v) is 6.37. The summed E-state index contributed by atoms with van der Waals surface area (Å²) < 4.78 is 0. The Morgan fingerprint density at radius 1 is 1.50 bits per heavy atom. The number of aryl methyl sites for hydroxylation is 2. The first-order chi connectivity index (χ1) is 8.27. The molecule has 102 valence electrons. The highest BCUT2D eigenvalue weighted by atomic mass is 32.1. The summed E-state index contributed by atoms with van der Waals surface area (Å²) in [6.45, 7) is 9.96. The summed E-state index contributed by atoms with van der Waals surface area (Å²) in [4.78, 5) is 17.6. The standard InChI is InChI=1S/C13H23N3OS/c1-6-7-10(14)11(17)16-13(4,5)12-15-8(2)9(3)18-12/h10H,6-7,14H2,1-5H3,(H,16,17). The Morgan fingerprint density at radius 3 is 2.56 bits per heavy atom. The van der Waals surface area contributed by atoms with Crippen molar-refractivity contribution in [2.24, 2.45) is 5.73 Å². The molecule has 0 radical (unpaired) electrons. The van der Waals surface area contributed by atoms with Crippen LogP contribution in [-0.2, 0) is 10.3 Å². The van der Waals surface area contributed by atoms with Gasteiger partial charge in [0.15, 0.2) is 0 Å². The Morgan fingerprint density at radius 2 is 2.11 bits per heavy atom. The molecule has 0 bridgehead atoms. The van der Waals surface area contributed by atoms with Crippen molar-refractivity contribution in [2.45, 2.75) is 59.0 Å². The Hall–Kier alpha value is -0.940. The number of aromatic nitrogens is 1. The van der Waals surface area contributed by atoms with E-state index in [9.17, 15) is 4.79 Å². The lowest BCUT2D eigenvalue weighted by Gasteiger charge is -2.25. The molecule has 4 nitrogen and oxygen atoms in total. The van der Waals surface area contributed by atoms with Gasteiger partial charge in [0.05, 0.1) is 17.3 Å². The number of hydrogen-bond donors (Lipinski definition) is 2. The van der Waals surface area contributed by atoms with Crippen LogP contribution in [0.5, 0.6) is 0 Å². The van der Waals surface area contributed by atoms with Gasteiger partial charge in [0.25, 0.3) is 0 Å². The third kappa shape index (κ3) is 3.53. The Labute approximate surface area is 113 Å². The molecule has 0 aliphatic rings. The van der Waals surface area contributed by atoms with Crippen molar-refractivity contribution in [1.29, 1.82) is 0 Å². The molecule has 3 N–H and O–H groups in total. The van der Waals surface area contributed by atoms with Gasteiger partial charge in [-0.05, 0) is 34.1 Å². The van der Waals surface area contributed by atoms with Crippen molar-refractivity contribution in [2.75, 3.05) is 0 Å². The summed E-state index contributed by atoms with van der Waals surface area (Å²) >= 11 is 1.62. The summed E-state index contributed by atoms with van der Waals surface area (Å²) in [7, 11) is 0. The molecule has 1 aromatic rings. The fraction of sp³-hybridized carbons (Fsp3) is 0.692. The average molecular weight is 269 g/mol. The van der Waals surface area contributed by atoms with Crippen LogP contribution in [0, 0.1) is 13.8 Å². The Balaban J connectivity index is 2.78. The zero-order valence-electron chi connectivity index (χ0n) is 11.8. The molecule has 1 rings (SSSR count). The molecule has 1 aromatic heterocycles. The number of amides is 1. The van der Waals surface area contributed by atoms with Crippen LogP contribution < -0.4 is 11.1 Å². The van der Waals surface area contributed by atoms with Gasteiger partial charge in [-0.15, -0.1) is 11.3 Å². The van der Waals surface area contributed by atoms with Crippen LogP contribution in [0.25, 0.3) is 0 Å². The van der Waals surface area contributed by atoms with Crippen LogP contribution in [0.15, 0.2) is 0 Å². The van der Waals surface area contributed by atoms with Crippen molar-refractivity contribution in [3.8, 4) is 0 Å². The molecule has 18 heavy (non-hydrogen) atoms. The van der Waals surface area contributed by atoms with Crippen LogP contribution in [0.3, 0.4) is 0 Å². The highest BCUT2D eigenvalue weighted by molar-refractivity contribution is 7.11. The molecule has 1 heterocycles. The van der Waals surface area contributed by atoms with Crippen molar-refractivity contribution in [3.63, 3.8) is 0 Å². The van der Waals surface area contributed by atoms with E-state index in [1.54, 1.807) is 11.3 Å². The average Bonchev–Trinajstić information content (AvgIpc) is 2.60. The summed E-state index contributed by atoms with van der Waals surface area (Å²) in [5, 5.41) is 3.91. The maximum absolute atomic E-state index is 12.0. The lowest BCUT2D eigenvalue weighted by Crippen LogP contribution is -2.48. The predicted octanol–water partition coefficient (Wildman–Crippen LogP) is 2.24. The van der Waals surface area contributed by atoms with Crippen LogP contribution in [0.4, 0.5) is 0 Å². The zero-order chi connectivity index (χ0) is 13.9. The molecule has 1 unspecified atom stereocenters. The second kappa shape index (κ2) is 5.80. The van der Waals surface area contributed by atoms with Gasteiger partial charge in [0.2, 0.25) is 5.91 Å². The summed E-state index contributed by atoms with van der Waals surface area (Å²) in [5.41, 5.74) is 6.38. The van der Waals surface area contributed by atoms with Crippen LogP contribution in [-0.4, -0.2) is 16.9 Å². The van der Waals surface area contributed by atoms with Gasteiger partial charge < -0.3 is 11.1 Å². The molecule has 0 aromatic carbocycles. The van der Waals surface area contributed by atoms with Crippen LogP contribution in [0.1, 0.15) is 49.2 Å². The molecule has 0 fully saturated rings. The first kappa shape index (κ1) is 15.1. The number of carbonyl (C=O) groups is 1. The fourth-order valence-corrected chi connectivity index (χ4v) is 2.61. The minimum Gasteiger partial charge on any atom is -0.343 e. The van der Waals surface area contributed by atoms with E-state index in [4.69, 9.17) is 5.73 Å². The highest BCUT2D eigenvalue weighted by Crippen LogP contribution is 2.27. The summed E-state index contributed by atoms with van der Waals surface area (Å²) in [6.07, 6.45) is 1.61. The van der Waals surface area contributed by atoms with E-state index in [0.29, 0.717) is 6.42 Å². The number of nitrogens with one attached hydrogen (secondary N) is 1. The molecule has 5 heteroatoms. The quantitative estimate of drug-likeness (QED) is 0.861. The number of nitrogens with zero attached hydrogens (tertiary/aromatic N) is 1. The van der Waals surface area contributed by atoms with E-state index in [2.05, 4.69) is 10.3 Å². The van der Waals surface area contributed by atoms with E-state index in [-0.39, 0.29) is 5.91 Å². The van der Waals surface area contributed by atoms with Gasteiger partial charge in [-0.1, -0.05) is 13.3 Å². The molecule has 0 aliphatic heterocycles. The van der Waals surface area contributed by atoms with Gasteiger partial charge in [-0.25, -0.2) is 4.98 Å². The van der Waals surface area contributed by atoms with E-state index in [1.165, 1.54) is 4.88 Å². The van der Waals surface area contributed by atoms with Gasteiger partial charge >= 0.3 is 0 Å². The monoisotopic (exact) mass is 269 g/mol. The topological polar surface area (TPSA) is 68.0 Å². The molecule has 0 spiro atoms. The van der Waals surface area contributed by atoms with Crippen LogP contribution in [0.2, 0.25) is 0 Å². The Kier molecular flexibility index (Phi) is 4.87. The van der Waals surface area contributed by atoms with Crippen LogP contribution >= 0.6 is 11.3 Å². The first-order valence-electron chi connectivity index (χ1n) is 6.30. The maximum Gasteiger partial charge on any atom is 0.237 e. The highest BCUT2D eigenvalue weighted by Gasteiger charge is 2.28. The molecular weight excluding hydrogens is 246 g/mol. The molecular formula is C13H23N3OS. The van der Waals surface area contributed by atoms with Gasteiger partial charge in [-0.3, -0.25) is 4.79 Å².